The van der Waals surface area contributed by atoms with Crippen molar-refractivity contribution in [2.75, 3.05) is 26.3 Å². The Hall–Kier alpha value is -3.08. The minimum Gasteiger partial charge on any atom is -0.475 e. The highest BCUT2D eigenvalue weighted by atomic mass is 19.2. The molecule has 1 unspecified atom stereocenters. The molecule has 178 valence electrons. The van der Waals surface area contributed by atoms with E-state index >= 15 is 0 Å². The van der Waals surface area contributed by atoms with Crippen LogP contribution in [0.3, 0.4) is 0 Å². The summed E-state index contributed by atoms with van der Waals surface area (Å²) in [6, 6.07) is 1.67. The highest BCUT2D eigenvalue weighted by Crippen LogP contribution is 2.24. The number of aromatic nitrogens is 2. The fraction of sp³-hybridized carbons (Fsp3) is 0.409. The van der Waals surface area contributed by atoms with E-state index in [0.717, 1.165) is 11.8 Å². The normalized spacial score (nSPS) is 16.6. The SMILES string of the molecule is Cc1cc(OCC2CN(C(=O)/C=C/c3c(F)c(F)c(F)c(F)c3F)CCO2)nc(C(C)C)n1. The summed E-state index contributed by atoms with van der Waals surface area (Å²) in [5.74, 6) is -10.0. The molecule has 3 rings (SSSR count). The molecule has 0 spiro atoms. The van der Waals surface area contributed by atoms with Gasteiger partial charge in [0.25, 0.3) is 0 Å². The Balaban J connectivity index is 1.65. The third kappa shape index (κ3) is 5.65. The molecule has 1 aromatic carbocycles. The molecule has 0 aliphatic carbocycles. The van der Waals surface area contributed by atoms with E-state index in [4.69, 9.17) is 9.47 Å². The zero-order chi connectivity index (χ0) is 24.3. The van der Waals surface area contributed by atoms with Crippen molar-refractivity contribution in [3.63, 3.8) is 0 Å². The summed E-state index contributed by atoms with van der Waals surface area (Å²) in [6.45, 7) is 6.25. The summed E-state index contributed by atoms with van der Waals surface area (Å²) in [5.41, 5.74) is -0.448. The number of amides is 1. The maximum Gasteiger partial charge on any atom is 0.246 e. The molecule has 6 nitrogen and oxygen atoms in total. The first kappa shape index (κ1) is 24.6. The maximum absolute atomic E-state index is 13.8. The highest BCUT2D eigenvalue weighted by molar-refractivity contribution is 5.92. The lowest BCUT2D eigenvalue weighted by atomic mass is 10.1. The fourth-order valence-corrected chi connectivity index (χ4v) is 3.12. The number of benzene rings is 1. The van der Waals surface area contributed by atoms with Gasteiger partial charge in [0.05, 0.1) is 18.7 Å². The van der Waals surface area contributed by atoms with Gasteiger partial charge >= 0.3 is 0 Å². The molecule has 2 aromatic rings. The number of aryl methyl sites for hydroxylation is 1. The number of morpholine rings is 1. The second-order valence-corrected chi connectivity index (χ2v) is 7.77. The topological polar surface area (TPSA) is 64.5 Å². The quantitative estimate of drug-likeness (QED) is 0.277. The molecule has 0 bridgehead atoms. The van der Waals surface area contributed by atoms with E-state index in [1.165, 1.54) is 4.90 Å². The Morgan fingerprint density at radius 2 is 1.79 bits per heavy atom. The molecule has 33 heavy (non-hydrogen) atoms. The Morgan fingerprint density at radius 3 is 2.42 bits per heavy atom. The number of halogens is 5. The summed E-state index contributed by atoms with van der Waals surface area (Å²) in [7, 11) is 0. The smallest absolute Gasteiger partial charge is 0.246 e. The van der Waals surface area contributed by atoms with Crippen molar-refractivity contribution in [1.29, 1.82) is 0 Å². The predicted octanol–water partition coefficient (Wildman–Crippen LogP) is 3.92. The highest BCUT2D eigenvalue weighted by Gasteiger charge is 2.26. The van der Waals surface area contributed by atoms with Crippen LogP contribution in [-0.4, -0.2) is 53.2 Å². The number of nitrogens with zero attached hydrogens (tertiary/aromatic N) is 3. The molecular weight excluding hydrogens is 449 g/mol. The van der Waals surface area contributed by atoms with Crippen LogP contribution < -0.4 is 4.74 Å². The lowest BCUT2D eigenvalue weighted by Crippen LogP contribution is -2.47. The summed E-state index contributed by atoms with van der Waals surface area (Å²) in [6.07, 6.45) is 0.809. The summed E-state index contributed by atoms with van der Waals surface area (Å²) < 4.78 is 78.6. The van der Waals surface area contributed by atoms with Crippen molar-refractivity contribution in [2.45, 2.75) is 32.8 Å². The van der Waals surface area contributed by atoms with E-state index in [2.05, 4.69) is 9.97 Å². The van der Waals surface area contributed by atoms with E-state index in [0.29, 0.717) is 17.8 Å². The maximum atomic E-state index is 13.8. The average Bonchev–Trinajstić information content (AvgIpc) is 2.79. The molecule has 11 heteroatoms. The van der Waals surface area contributed by atoms with Gasteiger partial charge in [0.2, 0.25) is 17.6 Å². The van der Waals surface area contributed by atoms with Crippen LogP contribution in [0.15, 0.2) is 12.1 Å². The average molecular weight is 471 g/mol. The van der Waals surface area contributed by atoms with Crippen molar-refractivity contribution in [1.82, 2.24) is 14.9 Å². The van der Waals surface area contributed by atoms with E-state index in [9.17, 15) is 26.7 Å². The van der Waals surface area contributed by atoms with Crippen molar-refractivity contribution < 1.29 is 36.2 Å². The van der Waals surface area contributed by atoms with E-state index in [-0.39, 0.29) is 32.2 Å². The van der Waals surface area contributed by atoms with Gasteiger partial charge in [-0.25, -0.2) is 26.9 Å². The molecule has 1 aliphatic rings. The molecule has 1 atom stereocenters. The first-order chi connectivity index (χ1) is 15.6. The van der Waals surface area contributed by atoms with Crippen molar-refractivity contribution in [3.8, 4) is 5.88 Å². The third-order valence-electron chi connectivity index (χ3n) is 4.87. The second kappa shape index (κ2) is 10.2. The summed E-state index contributed by atoms with van der Waals surface area (Å²) in [4.78, 5) is 22.4. The van der Waals surface area contributed by atoms with Crippen LogP contribution in [0.5, 0.6) is 5.88 Å². The minimum atomic E-state index is -2.26. The van der Waals surface area contributed by atoms with Crippen LogP contribution in [0.2, 0.25) is 0 Å². The first-order valence-corrected chi connectivity index (χ1v) is 10.2. The number of ether oxygens (including phenoxy) is 2. The number of rotatable bonds is 6. The number of hydrogen-bond donors (Lipinski definition) is 0. The molecular formula is C22H22F5N3O3. The molecule has 1 aliphatic heterocycles. The Bertz CT molecular complexity index is 1050. The van der Waals surface area contributed by atoms with Crippen LogP contribution in [0.1, 0.15) is 36.8 Å². The minimum absolute atomic E-state index is 0.0825. The summed E-state index contributed by atoms with van der Waals surface area (Å²) in [5, 5.41) is 0. The van der Waals surface area contributed by atoms with Gasteiger partial charge in [0.1, 0.15) is 18.5 Å². The molecule has 1 saturated heterocycles. The van der Waals surface area contributed by atoms with Gasteiger partial charge in [-0.2, -0.15) is 4.98 Å². The number of carbonyl (C=O) groups excluding carboxylic acids is 1. The molecule has 1 fully saturated rings. The van der Waals surface area contributed by atoms with Gasteiger partial charge in [0.15, 0.2) is 23.3 Å². The standard InChI is InChI=1S/C22H22F5N3O3/c1-11(2)22-28-12(3)8-15(29-22)33-10-13-9-30(6-7-32-13)16(31)5-4-14-17(23)19(25)21(27)20(26)18(14)24/h4-5,8,11,13H,6-7,9-10H2,1-3H3/b5-4+. The monoisotopic (exact) mass is 471 g/mol. The van der Waals surface area contributed by atoms with Crippen molar-refractivity contribution >= 4 is 12.0 Å². The van der Waals surface area contributed by atoms with Crippen LogP contribution in [0.25, 0.3) is 6.08 Å². The number of carbonyl (C=O) groups is 1. The first-order valence-electron chi connectivity index (χ1n) is 10.2. The van der Waals surface area contributed by atoms with Crippen LogP contribution in [0, 0.1) is 36.0 Å². The fourth-order valence-electron chi connectivity index (χ4n) is 3.12. The largest absolute Gasteiger partial charge is 0.475 e. The van der Waals surface area contributed by atoms with Gasteiger partial charge < -0.3 is 14.4 Å². The van der Waals surface area contributed by atoms with Crippen molar-refractivity contribution in [3.05, 3.63) is 58.3 Å². The molecule has 0 N–H and O–H groups in total. The third-order valence-corrected chi connectivity index (χ3v) is 4.87. The molecule has 2 heterocycles. The van der Waals surface area contributed by atoms with E-state index in [1.54, 1.807) is 6.07 Å². The van der Waals surface area contributed by atoms with Gasteiger partial charge in [-0.3, -0.25) is 4.79 Å². The molecule has 0 saturated carbocycles. The lowest BCUT2D eigenvalue weighted by Gasteiger charge is -2.32. The van der Waals surface area contributed by atoms with E-state index in [1.807, 2.05) is 20.8 Å². The van der Waals surface area contributed by atoms with Crippen LogP contribution in [0.4, 0.5) is 22.0 Å². The summed E-state index contributed by atoms with van der Waals surface area (Å²) >= 11 is 0. The Labute approximate surface area is 187 Å². The lowest BCUT2D eigenvalue weighted by molar-refractivity contribution is -0.134. The predicted molar refractivity (Wildman–Crippen MR) is 108 cm³/mol. The molecule has 1 aromatic heterocycles. The molecule has 1 amide bonds. The molecule has 0 radical (unpaired) electrons. The van der Waals surface area contributed by atoms with Crippen LogP contribution >= 0.6 is 0 Å². The zero-order valence-electron chi connectivity index (χ0n) is 18.2. The Kier molecular flexibility index (Phi) is 7.62. The zero-order valence-corrected chi connectivity index (χ0v) is 18.2. The van der Waals surface area contributed by atoms with Gasteiger partial charge in [-0.15, -0.1) is 0 Å². The Morgan fingerprint density at radius 1 is 1.15 bits per heavy atom. The van der Waals surface area contributed by atoms with E-state index < -0.39 is 46.7 Å². The van der Waals surface area contributed by atoms with Gasteiger partial charge in [-0.1, -0.05) is 13.8 Å². The van der Waals surface area contributed by atoms with Gasteiger partial charge in [-0.05, 0) is 13.0 Å². The van der Waals surface area contributed by atoms with Crippen molar-refractivity contribution in [2.24, 2.45) is 0 Å². The van der Waals surface area contributed by atoms with Gasteiger partial charge in [0, 0.05) is 30.3 Å². The second-order valence-electron chi connectivity index (χ2n) is 7.77. The van der Waals surface area contributed by atoms with Crippen LogP contribution in [-0.2, 0) is 9.53 Å². The number of hydrogen-bond acceptors (Lipinski definition) is 5.